The predicted molar refractivity (Wildman–Crippen MR) is 41.9 cm³/mol. The molecule has 1 rings (SSSR count). The Bertz CT molecular complexity index is 274. The van der Waals surface area contributed by atoms with Crippen LogP contribution in [0.15, 0.2) is 12.4 Å². The van der Waals surface area contributed by atoms with Crippen molar-refractivity contribution in [3.05, 3.63) is 18.2 Å². The van der Waals surface area contributed by atoms with E-state index in [1.807, 2.05) is 17.7 Å². The first kappa shape index (κ1) is 8.75. The molecular weight excluding hydrogens is 154 g/mol. The van der Waals surface area contributed by atoms with E-state index >= 15 is 0 Å². The molecule has 0 spiro atoms. The molecule has 64 valence electrons. The topological polar surface area (TPSA) is 52.7 Å². The zero-order valence-corrected chi connectivity index (χ0v) is 7.08. The first-order valence-corrected chi connectivity index (χ1v) is 3.89. The van der Waals surface area contributed by atoms with Crippen molar-refractivity contribution in [2.45, 2.75) is 20.1 Å². The lowest BCUT2D eigenvalue weighted by Crippen LogP contribution is -2.35. The van der Waals surface area contributed by atoms with Crippen molar-refractivity contribution in [2.75, 3.05) is 6.61 Å². The van der Waals surface area contributed by atoms with E-state index in [-0.39, 0.29) is 0 Å². The average Bonchev–Trinajstić information content (AvgIpc) is 2.50. The number of aromatic nitrogens is 2. The van der Waals surface area contributed by atoms with Crippen LogP contribution in [0.25, 0.3) is 0 Å². The molecular formula is C8H12N3O+. The monoisotopic (exact) mass is 166 g/mol. The summed E-state index contributed by atoms with van der Waals surface area (Å²) in [6, 6.07) is 2.07. The highest BCUT2D eigenvalue weighted by Gasteiger charge is 2.08. The number of hydrogen-bond acceptors (Lipinski definition) is 2. The zero-order chi connectivity index (χ0) is 8.81. The maximum absolute atomic E-state index is 8.46. The molecule has 1 aromatic rings. The Labute approximate surface area is 71.4 Å². The first-order valence-electron chi connectivity index (χ1n) is 3.89. The van der Waals surface area contributed by atoms with E-state index in [1.165, 1.54) is 0 Å². The summed E-state index contributed by atoms with van der Waals surface area (Å²) in [6.07, 6.45) is 3.63. The number of aromatic amines is 1. The highest BCUT2D eigenvalue weighted by molar-refractivity contribution is 4.75. The Morgan fingerprint density at radius 3 is 3.25 bits per heavy atom. The van der Waals surface area contributed by atoms with Crippen LogP contribution in [0.3, 0.4) is 0 Å². The molecule has 0 fully saturated rings. The van der Waals surface area contributed by atoms with Gasteiger partial charge in [0.1, 0.15) is 25.1 Å². The van der Waals surface area contributed by atoms with Gasteiger partial charge in [-0.3, -0.25) is 0 Å². The number of nitrogens with one attached hydrogen (secondary N) is 1. The molecule has 4 heteroatoms. The lowest BCUT2D eigenvalue weighted by molar-refractivity contribution is -0.693. The van der Waals surface area contributed by atoms with Gasteiger partial charge in [-0.25, -0.2) is 9.55 Å². The summed E-state index contributed by atoms with van der Waals surface area (Å²) < 4.78 is 7.03. The van der Waals surface area contributed by atoms with Crippen LogP contribution in [0, 0.1) is 11.3 Å². The van der Waals surface area contributed by atoms with Crippen molar-refractivity contribution in [2.24, 2.45) is 0 Å². The smallest absolute Gasteiger partial charge is 0.281 e. The van der Waals surface area contributed by atoms with Gasteiger partial charge in [0.05, 0.1) is 0 Å². The maximum Gasteiger partial charge on any atom is 0.281 e. The third-order valence-corrected chi connectivity index (χ3v) is 1.54. The fraction of sp³-hybridized carbons (Fsp3) is 0.500. The van der Waals surface area contributed by atoms with Crippen LogP contribution in [-0.4, -0.2) is 11.6 Å². The number of imidazole rings is 1. The lowest BCUT2D eigenvalue weighted by Gasteiger charge is -1.95. The Morgan fingerprint density at radius 2 is 2.58 bits per heavy atom. The summed E-state index contributed by atoms with van der Waals surface area (Å²) in [7, 11) is 0. The number of nitriles is 1. The predicted octanol–water partition coefficient (Wildman–Crippen LogP) is 0.362. The van der Waals surface area contributed by atoms with Crippen LogP contribution in [-0.2, 0) is 17.9 Å². The molecule has 0 aliphatic rings. The van der Waals surface area contributed by atoms with E-state index in [1.54, 1.807) is 6.20 Å². The first-order chi connectivity index (χ1) is 5.88. The molecule has 0 atom stereocenters. The van der Waals surface area contributed by atoms with Crippen LogP contribution < -0.4 is 4.57 Å². The van der Waals surface area contributed by atoms with Gasteiger partial charge < -0.3 is 4.74 Å². The summed E-state index contributed by atoms with van der Waals surface area (Å²) in [5, 5.41) is 8.46. The van der Waals surface area contributed by atoms with Crippen molar-refractivity contribution in [3.8, 4) is 6.07 Å². The number of H-pyrrole nitrogens is 1. The van der Waals surface area contributed by atoms with Crippen LogP contribution in [0.5, 0.6) is 0 Å². The minimum atomic E-state index is 0.367. The third kappa shape index (κ3) is 2.07. The molecule has 0 unspecified atom stereocenters. The normalized spacial score (nSPS) is 9.67. The van der Waals surface area contributed by atoms with Crippen LogP contribution in [0.2, 0.25) is 0 Å². The van der Waals surface area contributed by atoms with Gasteiger partial charge in [0, 0.05) is 6.61 Å². The van der Waals surface area contributed by atoms with Crippen molar-refractivity contribution < 1.29 is 9.30 Å². The van der Waals surface area contributed by atoms with Crippen molar-refractivity contribution in [1.82, 2.24) is 4.98 Å². The Balaban J connectivity index is 2.58. The molecule has 0 amide bonds. The van der Waals surface area contributed by atoms with E-state index in [0.29, 0.717) is 19.8 Å². The largest absolute Gasteiger partial charge is 0.369 e. The fourth-order valence-corrected chi connectivity index (χ4v) is 0.944. The minimum Gasteiger partial charge on any atom is -0.369 e. The molecule has 12 heavy (non-hydrogen) atoms. The molecule has 4 nitrogen and oxygen atoms in total. The highest BCUT2D eigenvalue weighted by Crippen LogP contribution is 1.89. The van der Waals surface area contributed by atoms with E-state index in [4.69, 9.17) is 10.00 Å². The summed E-state index contributed by atoms with van der Waals surface area (Å²) in [5.41, 5.74) is 0. The number of hydrogen-bond donors (Lipinski definition) is 1. The lowest BCUT2D eigenvalue weighted by atomic mass is 10.6. The molecule has 0 radical (unpaired) electrons. The van der Waals surface area contributed by atoms with Gasteiger partial charge in [0.2, 0.25) is 0 Å². The standard InChI is InChI=1S/C8H11N3O/c1-2-12-7-8-10-4-6-11(8)5-3-9/h4,6H,2,5,7H2,1H3/p+1. The number of nitrogens with zero attached hydrogens (tertiary/aromatic N) is 2. The number of ether oxygens (including phenoxy) is 1. The summed E-state index contributed by atoms with van der Waals surface area (Å²) >= 11 is 0. The minimum absolute atomic E-state index is 0.367. The van der Waals surface area contributed by atoms with Gasteiger partial charge in [-0.15, -0.1) is 0 Å². The van der Waals surface area contributed by atoms with Gasteiger partial charge >= 0.3 is 0 Å². The van der Waals surface area contributed by atoms with Gasteiger partial charge in [-0.1, -0.05) is 0 Å². The summed E-state index contributed by atoms with van der Waals surface area (Å²) in [5.74, 6) is 0.929. The zero-order valence-electron chi connectivity index (χ0n) is 7.08. The fourth-order valence-electron chi connectivity index (χ4n) is 0.944. The van der Waals surface area contributed by atoms with E-state index in [0.717, 1.165) is 5.82 Å². The molecule has 1 N–H and O–H groups in total. The highest BCUT2D eigenvalue weighted by atomic mass is 16.5. The molecule has 1 heterocycles. The Hall–Kier alpha value is -1.34. The Morgan fingerprint density at radius 1 is 1.75 bits per heavy atom. The molecule has 0 aliphatic carbocycles. The van der Waals surface area contributed by atoms with Gasteiger partial charge in [-0.2, -0.15) is 5.26 Å². The second-order valence-corrected chi connectivity index (χ2v) is 2.33. The van der Waals surface area contributed by atoms with Crippen LogP contribution in [0.4, 0.5) is 0 Å². The Kier molecular flexibility index (Phi) is 3.30. The quantitative estimate of drug-likeness (QED) is 0.657. The second-order valence-electron chi connectivity index (χ2n) is 2.33. The third-order valence-electron chi connectivity index (χ3n) is 1.54. The summed E-state index contributed by atoms with van der Waals surface area (Å²) in [6.45, 7) is 3.53. The molecule has 0 aromatic carbocycles. The SMILES string of the molecule is CCOCc1[nH]cc[n+]1CC#N. The van der Waals surface area contributed by atoms with E-state index < -0.39 is 0 Å². The molecule has 0 aliphatic heterocycles. The van der Waals surface area contributed by atoms with Gasteiger partial charge in [-0.05, 0) is 6.92 Å². The molecule has 0 bridgehead atoms. The van der Waals surface area contributed by atoms with Crippen molar-refractivity contribution in [3.63, 3.8) is 0 Å². The van der Waals surface area contributed by atoms with Crippen LogP contribution >= 0.6 is 0 Å². The molecule has 1 aromatic heterocycles. The van der Waals surface area contributed by atoms with Crippen molar-refractivity contribution >= 4 is 0 Å². The second kappa shape index (κ2) is 4.52. The average molecular weight is 166 g/mol. The number of rotatable bonds is 4. The van der Waals surface area contributed by atoms with Crippen molar-refractivity contribution in [1.29, 1.82) is 5.26 Å². The van der Waals surface area contributed by atoms with E-state index in [9.17, 15) is 0 Å². The van der Waals surface area contributed by atoms with Crippen LogP contribution in [0.1, 0.15) is 12.7 Å². The molecule has 0 saturated carbocycles. The van der Waals surface area contributed by atoms with Gasteiger partial charge in [0.25, 0.3) is 5.82 Å². The summed E-state index contributed by atoms with van der Waals surface area (Å²) in [4.78, 5) is 3.01. The maximum atomic E-state index is 8.46. The molecule has 0 saturated heterocycles. The van der Waals surface area contributed by atoms with E-state index in [2.05, 4.69) is 11.1 Å². The van der Waals surface area contributed by atoms with Gasteiger partial charge in [0.15, 0.2) is 6.54 Å².